The van der Waals surface area contributed by atoms with Crippen molar-refractivity contribution in [3.05, 3.63) is 22.3 Å². The number of hydrogen-bond donors (Lipinski definition) is 1. The largest absolute Gasteiger partial charge is 0.353 e. The fourth-order valence-electron chi connectivity index (χ4n) is 2.41. The number of pyridine rings is 1. The lowest BCUT2D eigenvalue weighted by atomic mass is 10.2. The topological polar surface area (TPSA) is 48.5 Å². The van der Waals surface area contributed by atoms with Gasteiger partial charge in [-0.1, -0.05) is 29.1 Å². The third-order valence-electron chi connectivity index (χ3n) is 3.69. The van der Waals surface area contributed by atoms with Gasteiger partial charge in [0.2, 0.25) is 5.91 Å². The van der Waals surface area contributed by atoms with Crippen LogP contribution < -0.4 is 10.2 Å². The van der Waals surface area contributed by atoms with E-state index in [0.29, 0.717) is 10.0 Å². The molecule has 1 atom stereocenters. The molecule has 1 saturated heterocycles. The van der Waals surface area contributed by atoms with Gasteiger partial charge in [0.15, 0.2) is 0 Å². The van der Waals surface area contributed by atoms with E-state index in [4.69, 9.17) is 29.6 Å². The molecule has 0 saturated carbocycles. The molecule has 0 radical (unpaired) electrons. The van der Waals surface area contributed by atoms with Gasteiger partial charge in [-0.15, -0.1) is 6.42 Å². The first kappa shape index (κ1) is 16.9. The number of rotatable bonds is 4. The van der Waals surface area contributed by atoms with E-state index >= 15 is 0 Å². The zero-order chi connectivity index (χ0) is 16.1. The molecule has 5 nitrogen and oxygen atoms in total. The second-order valence-corrected chi connectivity index (χ2v) is 5.92. The Morgan fingerprint density at radius 3 is 2.73 bits per heavy atom. The van der Waals surface area contributed by atoms with Crippen LogP contribution in [-0.2, 0) is 4.79 Å². The minimum absolute atomic E-state index is 0.0472. The fourth-order valence-corrected chi connectivity index (χ4v) is 2.91. The van der Waals surface area contributed by atoms with Gasteiger partial charge in [-0.05, 0) is 13.0 Å². The molecular weight excluding hydrogens is 323 g/mol. The Labute approximate surface area is 140 Å². The van der Waals surface area contributed by atoms with Crippen LogP contribution in [0.4, 0.5) is 5.82 Å². The first-order valence-corrected chi connectivity index (χ1v) is 7.79. The molecule has 0 aliphatic carbocycles. The first-order valence-electron chi connectivity index (χ1n) is 7.04. The number of terminal acetylenes is 1. The van der Waals surface area contributed by atoms with Gasteiger partial charge in [0, 0.05) is 32.4 Å². The Hall–Kier alpha value is -1.48. The van der Waals surface area contributed by atoms with Gasteiger partial charge in [-0.2, -0.15) is 0 Å². The van der Waals surface area contributed by atoms with Gasteiger partial charge in [-0.25, -0.2) is 4.98 Å². The van der Waals surface area contributed by atoms with Crippen LogP contribution in [0, 0.1) is 12.3 Å². The van der Waals surface area contributed by atoms with Crippen LogP contribution in [0.5, 0.6) is 0 Å². The van der Waals surface area contributed by atoms with Crippen molar-refractivity contribution in [2.24, 2.45) is 0 Å². The van der Waals surface area contributed by atoms with Crippen LogP contribution in [-0.4, -0.2) is 54.6 Å². The lowest BCUT2D eigenvalue weighted by Crippen LogP contribution is -2.54. The van der Waals surface area contributed by atoms with Crippen LogP contribution in [0.15, 0.2) is 12.3 Å². The number of anilines is 1. The Balaban J connectivity index is 1.92. The highest BCUT2D eigenvalue weighted by atomic mass is 35.5. The van der Waals surface area contributed by atoms with Gasteiger partial charge in [0.1, 0.15) is 5.82 Å². The third-order valence-corrected chi connectivity index (χ3v) is 4.18. The maximum atomic E-state index is 11.9. The summed E-state index contributed by atoms with van der Waals surface area (Å²) in [5.41, 5.74) is 0. The molecule has 0 spiro atoms. The highest BCUT2D eigenvalue weighted by Gasteiger charge is 2.26. The normalized spacial score (nSPS) is 16.9. The summed E-state index contributed by atoms with van der Waals surface area (Å²) in [5.74, 6) is 3.09. The van der Waals surface area contributed by atoms with Crippen molar-refractivity contribution in [2.75, 3.05) is 37.6 Å². The highest BCUT2D eigenvalue weighted by Crippen LogP contribution is 2.26. The Morgan fingerprint density at radius 2 is 2.14 bits per heavy atom. The van der Waals surface area contributed by atoms with Crippen molar-refractivity contribution >= 4 is 34.9 Å². The maximum Gasteiger partial charge on any atom is 0.237 e. The number of amides is 1. The summed E-state index contributed by atoms with van der Waals surface area (Å²) in [7, 11) is 0. The van der Waals surface area contributed by atoms with E-state index in [0.717, 1.165) is 32.0 Å². The number of carbonyl (C=O) groups excluding carboxylic acids is 1. The third kappa shape index (κ3) is 4.04. The minimum atomic E-state index is -0.204. The van der Waals surface area contributed by atoms with E-state index in [1.807, 2.05) is 6.92 Å². The molecule has 0 unspecified atom stereocenters. The number of piperazine rings is 1. The van der Waals surface area contributed by atoms with Crippen molar-refractivity contribution in [1.29, 1.82) is 0 Å². The molecule has 2 rings (SSSR count). The van der Waals surface area contributed by atoms with E-state index in [2.05, 4.69) is 26.0 Å². The Morgan fingerprint density at radius 1 is 1.45 bits per heavy atom. The molecule has 0 bridgehead atoms. The Bertz CT molecular complexity index is 579. The number of aromatic nitrogens is 1. The predicted octanol–water partition coefficient (Wildman–Crippen LogP) is 1.65. The molecular formula is C15H18Cl2N4O. The van der Waals surface area contributed by atoms with Gasteiger partial charge in [-0.3, -0.25) is 9.69 Å². The summed E-state index contributed by atoms with van der Waals surface area (Å²) in [6.45, 7) is 5.15. The zero-order valence-corrected chi connectivity index (χ0v) is 13.9. The van der Waals surface area contributed by atoms with Crippen LogP contribution in [0.25, 0.3) is 0 Å². The summed E-state index contributed by atoms with van der Waals surface area (Å²) < 4.78 is 0. The first-order chi connectivity index (χ1) is 10.5. The summed E-state index contributed by atoms with van der Waals surface area (Å²) in [5, 5.41) is 3.77. The van der Waals surface area contributed by atoms with Crippen LogP contribution >= 0.6 is 23.2 Å². The Kier molecular flexibility index (Phi) is 5.90. The molecule has 7 heteroatoms. The van der Waals surface area contributed by atoms with Crippen molar-refractivity contribution in [1.82, 2.24) is 15.2 Å². The van der Waals surface area contributed by atoms with Crippen LogP contribution in [0.2, 0.25) is 10.0 Å². The minimum Gasteiger partial charge on any atom is -0.353 e. The van der Waals surface area contributed by atoms with Crippen molar-refractivity contribution in [3.63, 3.8) is 0 Å². The summed E-state index contributed by atoms with van der Waals surface area (Å²) >= 11 is 12.0. The quantitative estimate of drug-likeness (QED) is 0.846. The molecule has 1 N–H and O–H groups in total. The van der Waals surface area contributed by atoms with E-state index in [1.54, 1.807) is 12.3 Å². The van der Waals surface area contributed by atoms with E-state index < -0.39 is 0 Å². The lowest BCUT2D eigenvalue weighted by molar-refractivity contribution is -0.125. The molecule has 0 aromatic carbocycles. The molecule has 1 aromatic rings. The molecule has 2 heterocycles. The average molecular weight is 341 g/mol. The maximum absolute atomic E-state index is 11.9. The van der Waals surface area contributed by atoms with Gasteiger partial charge in [0.05, 0.1) is 22.6 Å². The average Bonchev–Trinajstić information content (AvgIpc) is 2.52. The van der Waals surface area contributed by atoms with Crippen molar-refractivity contribution < 1.29 is 4.79 Å². The van der Waals surface area contributed by atoms with Crippen LogP contribution in [0.1, 0.15) is 6.92 Å². The second-order valence-electron chi connectivity index (χ2n) is 5.08. The fraction of sp³-hybridized carbons (Fsp3) is 0.467. The molecule has 22 heavy (non-hydrogen) atoms. The van der Waals surface area contributed by atoms with Crippen LogP contribution in [0.3, 0.4) is 0 Å². The highest BCUT2D eigenvalue weighted by molar-refractivity contribution is 6.36. The summed E-state index contributed by atoms with van der Waals surface area (Å²) in [6, 6.07) is 1.48. The number of nitrogens with zero attached hydrogens (tertiary/aromatic N) is 3. The van der Waals surface area contributed by atoms with Gasteiger partial charge >= 0.3 is 0 Å². The molecule has 1 amide bonds. The number of hydrogen-bond acceptors (Lipinski definition) is 4. The number of halogens is 2. The lowest BCUT2D eigenvalue weighted by Gasteiger charge is -2.38. The second kappa shape index (κ2) is 7.68. The smallest absolute Gasteiger partial charge is 0.237 e. The zero-order valence-electron chi connectivity index (χ0n) is 12.4. The number of carbonyl (C=O) groups is 1. The summed E-state index contributed by atoms with van der Waals surface area (Å²) in [6.07, 6.45) is 6.74. The number of nitrogens with one attached hydrogen (secondary N) is 1. The molecule has 118 valence electrons. The van der Waals surface area contributed by atoms with E-state index in [1.165, 1.54) is 0 Å². The van der Waals surface area contributed by atoms with E-state index in [9.17, 15) is 4.79 Å². The molecule has 1 aromatic heterocycles. The van der Waals surface area contributed by atoms with Crippen molar-refractivity contribution in [2.45, 2.75) is 13.0 Å². The van der Waals surface area contributed by atoms with Crippen molar-refractivity contribution in [3.8, 4) is 12.3 Å². The van der Waals surface area contributed by atoms with E-state index in [-0.39, 0.29) is 18.5 Å². The molecule has 1 fully saturated rings. The SMILES string of the molecule is C#CCNC(=O)[C@H](C)N1CCN(c2ncc(Cl)cc2Cl)CC1. The summed E-state index contributed by atoms with van der Waals surface area (Å²) in [4.78, 5) is 20.4. The van der Waals surface area contributed by atoms with Gasteiger partial charge < -0.3 is 10.2 Å². The van der Waals surface area contributed by atoms with Gasteiger partial charge in [0.25, 0.3) is 0 Å². The predicted molar refractivity (Wildman–Crippen MR) is 89.3 cm³/mol. The molecule has 1 aliphatic rings. The standard InChI is InChI=1S/C15H18Cl2N4O/c1-3-4-18-15(22)11(2)20-5-7-21(8-6-20)14-13(17)9-12(16)10-19-14/h1,9-11H,4-8H2,2H3,(H,18,22)/t11-/m0/s1. The molecule has 1 aliphatic heterocycles. The monoisotopic (exact) mass is 340 g/mol.